The molecule has 0 aliphatic heterocycles. The second kappa shape index (κ2) is 4.46. The van der Waals surface area contributed by atoms with Gasteiger partial charge >= 0.3 is 7.32 Å². The fourth-order valence-electron chi connectivity index (χ4n) is 2.26. The Morgan fingerprint density at radius 1 is 0.842 bits per heavy atom. The molecule has 0 fully saturated rings. The van der Waals surface area contributed by atoms with Gasteiger partial charge in [-0.3, -0.25) is 0 Å². The normalized spacial score (nSPS) is 10.8. The van der Waals surface area contributed by atoms with E-state index in [4.69, 9.17) is 20.4 Å². The van der Waals surface area contributed by atoms with Gasteiger partial charge in [-0.1, -0.05) is 24.3 Å². The van der Waals surface area contributed by atoms with Crippen LogP contribution in [0.5, 0.6) is 5.75 Å². The average molecular weight is 253 g/mol. The molecule has 3 aromatic rings. The van der Waals surface area contributed by atoms with Crippen LogP contribution in [-0.2, 0) is 0 Å². The molecule has 0 unspecified atom stereocenters. The third-order valence-corrected chi connectivity index (χ3v) is 3.07. The molecule has 0 amide bonds. The number of nitrogen functional groups attached to an aromatic ring is 1. The second-order valence-corrected chi connectivity index (χ2v) is 4.37. The number of hydrogen-bond donors (Lipinski definition) is 3. The molecule has 0 heterocycles. The lowest BCUT2D eigenvalue weighted by Crippen LogP contribution is -2.20. The van der Waals surface area contributed by atoms with Crippen LogP contribution in [0.1, 0.15) is 0 Å². The van der Waals surface area contributed by atoms with Crippen molar-refractivity contribution in [2.45, 2.75) is 0 Å². The minimum atomic E-state index is -1.81. The van der Waals surface area contributed by atoms with E-state index in [1.54, 1.807) is 12.1 Å². The van der Waals surface area contributed by atoms with Gasteiger partial charge in [0.25, 0.3) is 0 Å². The molecule has 19 heavy (non-hydrogen) atoms. The van der Waals surface area contributed by atoms with Crippen LogP contribution in [0.15, 0.2) is 48.5 Å². The summed E-state index contributed by atoms with van der Waals surface area (Å²) in [6.07, 6.45) is 0. The van der Waals surface area contributed by atoms with Crippen molar-refractivity contribution in [2.24, 2.45) is 0 Å². The maximum Gasteiger partial charge on any atom is 0.707 e. The molecule has 4 N–H and O–H groups in total. The van der Waals surface area contributed by atoms with Gasteiger partial charge in [-0.2, -0.15) is 0 Å². The average Bonchev–Trinajstić information content (AvgIpc) is 2.37. The van der Waals surface area contributed by atoms with Gasteiger partial charge < -0.3 is 20.4 Å². The smallest absolute Gasteiger partial charge is 0.512 e. The Morgan fingerprint density at radius 3 is 2.16 bits per heavy atom. The lowest BCUT2D eigenvalue weighted by Gasteiger charge is -2.08. The molecule has 3 rings (SSSR count). The molecule has 0 bridgehead atoms. The minimum absolute atomic E-state index is 0.414. The zero-order chi connectivity index (χ0) is 13.4. The van der Waals surface area contributed by atoms with Gasteiger partial charge in [0.05, 0.1) is 0 Å². The van der Waals surface area contributed by atoms with Crippen LogP contribution in [0.4, 0.5) is 5.69 Å². The van der Waals surface area contributed by atoms with Crippen molar-refractivity contribution in [2.75, 3.05) is 5.73 Å². The van der Waals surface area contributed by atoms with E-state index in [9.17, 15) is 0 Å². The highest BCUT2D eigenvalue weighted by Crippen LogP contribution is 2.29. The van der Waals surface area contributed by atoms with Crippen LogP contribution < -0.4 is 10.4 Å². The number of nitrogens with two attached hydrogens (primary N) is 1. The Hall–Kier alpha value is -2.24. The van der Waals surface area contributed by atoms with Crippen LogP contribution in [0.25, 0.3) is 21.5 Å². The van der Waals surface area contributed by atoms with E-state index >= 15 is 0 Å². The number of hydrogen-bond acceptors (Lipinski definition) is 4. The fraction of sp³-hybridized carbons (Fsp3) is 0. The molecule has 0 aliphatic carbocycles. The highest BCUT2D eigenvalue weighted by Gasteiger charge is 2.11. The van der Waals surface area contributed by atoms with Crippen LogP contribution in [0.3, 0.4) is 0 Å². The molecular weight excluding hydrogens is 241 g/mol. The highest BCUT2D eigenvalue weighted by atomic mass is 16.6. The summed E-state index contributed by atoms with van der Waals surface area (Å²) in [6, 6.07) is 15.1. The molecule has 3 aromatic carbocycles. The SMILES string of the molecule is Nc1ccc2c(ccc3cc(OB(O)O)ccc32)c1. The zero-order valence-electron chi connectivity index (χ0n) is 10.1. The largest absolute Gasteiger partial charge is 0.707 e. The Labute approximate surface area is 110 Å². The standard InChI is InChI=1S/C14H12BNO3/c16-11-3-5-13-9(7-11)1-2-10-8-12(19-15(17)18)4-6-14(10)13/h1-8,17-18H,16H2. The molecule has 0 spiro atoms. The fourth-order valence-corrected chi connectivity index (χ4v) is 2.26. The van der Waals surface area contributed by atoms with Crippen LogP contribution in [0, 0.1) is 0 Å². The Kier molecular flexibility index (Phi) is 2.78. The number of anilines is 1. The summed E-state index contributed by atoms with van der Waals surface area (Å²) >= 11 is 0. The zero-order valence-corrected chi connectivity index (χ0v) is 10.1. The first-order valence-electron chi connectivity index (χ1n) is 5.88. The van der Waals surface area contributed by atoms with Crippen molar-refractivity contribution in [3.8, 4) is 5.75 Å². The molecule has 5 heteroatoms. The van der Waals surface area contributed by atoms with Crippen molar-refractivity contribution in [1.29, 1.82) is 0 Å². The van der Waals surface area contributed by atoms with Gasteiger partial charge in [-0.15, -0.1) is 0 Å². The molecule has 0 saturated carbocycles. The maximum atomic E-state index is 8.80. The van der Waals surface area contributed by atoms with E-state index in [2.05, 4.69) is 0 Å². The molecule has 4 nitrogen and oxygen atoms in total. The molecule has 0 saturated heterocycles. The lowest BCUT2D eigenvalue weighted by molar-refractivity contribution is 0.288. The van der Waals surface area contributed by atoms with Crippen molar-refractivity contribution in [1.82, 2.24) is 0 Å². The number of benzene rings is 3. The van der Waals surface area contributed by atoms with Crippen LogP contribution >= 0.6 is 0 Å². The number of fused-ring (bicyclic) bond motifs is 3. The topological polar surface area (TPSA) is 75.7 Å². The first kappa shape index (κ1) is 11.8. The van der Waals surface area contributed by atoms with Crippen molar-refractivity contribution >= 4 is 34.6 Å². The first-order chi connectivity index (χ1) is 9.13. The summed E-state index contributed by atoms with van der Waals surface area (Å²) in [6.45, 7) is 0. The van der Waals surface area contributed by atoms with Gasteiger partial charge in [0.2, 0.25) is 0 Å². The monoisotopic (exact) mass is 253 g/mol. The lowest BCUT2D eigenvalue weighted by atomic mass is 10.0. The van der Waals surface area contributed by atoms with E-state index in [-0.39, 0.29) is 0 Å². The van der Waals surface area contributed by atoms with Gasteiger partial charge in [0.1, 0.15) is 5.75 Å². The Balaban J connectivity index is 2.21. The van der Waals surface area contributed by atoms with E-state index in [1.807, 2.05) is 36.4 Å². The van der Waals surface area contributed by atoms with Gasteiger partial charge in [-0.05, 0) is 45.8 Å². The first-order valence-corrected chi connectivity index (χ1v) is 5.88. The molecule has 0 radical (unpaired) electrons. The third-order valence-electron chi connectivity index (χ3n) is 3.07. The van der Waals surface area contributed by atoms with Crippen molar-refractivity contribution in [3.05, 3.63) is 48.5 Å². The number of rotatable bonds is 2. The molecule has 0 aromatic heterocycles. The quantitative estimate of drug-likeness (QED) is 0.370. The summed E-state index contributed by atoms with van der Waals surface area (Å²) in [4.78, 5) is 0. The maximum absolute atomic E-state index is 8.80. The van der Waals surface area contributed by atoms with Gasteiger partial charge in [0.15, 0.2) is 0 Å². The Bertz CT molecular complexity index is 758. The van der Waals surface area contributed by atoms with Gasteiger partial charge in [0, 0.05) is 5.69 Å². The van der Waals surface area contributed by atoms with Gasteiger partial charge in [-0.25, -0.2) is 0 Å². The van der Waals surface area contributed by atoms with E-state index in [1.165, 1.54) is 0 Å². The van der Waals surface area contributed by atoms with E-state index in [0.717, 1.165) is 27.2 Å². The summed E-state index contributed by atoms with van der Waals surface area (Å²) < 4.78 is 4.84. The van der Waals surface area contributed by atoms with E-state index < -0.39 is 7.32 Å². The summed E-state index contributed by atoms with van der Waals surface area (Å²) in [5.74, 6) is 0.414. The predicted molar refractivity (Wildman–Crippen MR) is 76.7 cm³/mol. The molecule has 94 valence electrons. The van der Waals surface area contributed by atoms with Crippen molar-refractivity contribution in [3.63, 3.8) is 0 Å². The van der Waals surface area contributed by atoms with E-state index in [0.29, 0.717) is 5.75 Å². The summed E-state index contributed by atoms with van der Waals surface area (Å²) in [5.41, 5.74) is 6.50. The highest BCUT2D eigenvalue weighted by molar-refractivity contribution is 6.33. The third kappa shape index (κ3) is 2.21. The molecule has 0 atom stereocenters. The summed E-state index contributed by atoms with van der Waals surface area (Å²) in [5, 5.41) is 21.8. The second-order valence-electron chi connectivity index (χ2n) is 4.37. The Morgan fingerprint density at radius 2 is 1.47 bits per heavy atom. The minimum Gasteiger partial charge on any atom is -0.512 e. The van der Waals surface area contributed by atoms with Crippen LogP contribution in [-0.4, -0.2) is 17.4 Å². The molecular formula is C14H12BNO3. The predicted octanol–water partition coefficient (Wildman–Crippen LogP) is 1.92. The summed E-state index contributed by atoms with van der Waals surface area (Å²) in [7, 11) is -1.81. The van der Waals surface area contributed by atoms with Crippen LogP contribution in [0.2, 0.25) is 0 Å². The molecule has 0 aliphatic rings. The van der Waals surface area contributed by atoms with Crippen molar-refractivity contribution < 1.29 is 14.7 Å².